The van der Waals surface area contributed by atoms with E-state index < -0.39 is 64.3 Å². The number of ketones is 1. The molecule has 3 aromatic carbocycles. The molecule has 0 radical (unpaired) electrons. The summed E-state index contributed by atoms with van der Waals surface area (Å²) in [5.41, 5.74) is 1.97. The Labute approximate surface area is 323 Å². The largest absolute Gasteiger partial charge is 0.505 e. The van der Waals surface area contributed by atoms with Crippen LogP contribution in [0.15, 0.2) is 78.4 Å². The summed E-state index contributed by atoms with van der Waals surface area (Å²) in [5, 5.41) is 16.5. The first-order chi connectivity index (χ1) is 26.2. The average molecular weight is 777 g/mol. The maximum absolute atomic E-state index is 15.2. The normalized spacial score (nSPS) is 26.1. The maximum Gasteiger partial charge on any atom is 0.242 e. The summed E-state index contributed by atoms with van der Waals surface area (Å²) in [5.74, 6) is -7.05. The number of allylic oxidation sites excluding steroid dienone is 2. The fraction of sp³-hybridized carbons (Fsp3) is 0.286. The number of carbonyl (C=O) groups is 5. The van der Waals surface area contributed by atoms with Crippen molar-refractivity contribution in [3.05, 3.63) is 106 Å². The Kier molecular flexibility index (Phi) is 7.87. The average Bonchev–Trinajstić information content (AvgIpc) is 3.83. The van der Waals surface area contributed by atoms with Gasteiger partial charge in [0.25, 0.3) is 0 Å². The summed E-state index contributed by atoms with van der Waals surface area (Å²) in [6, 6.07) is 17.6. The second kappa shape index (κ2) is 12.3. The van der Waals surface area contributed by atoms with Crippen LogP contribution in [0.1, 0.15) is 54.1 Å². The van der Waals surface area contributed by atoms with Gasteiger partial charge in [0.1, 0.15) is 11.5 Å². The predicted octanol–water partition coefficient (Wildman–Crippen LogP) is 7.75. The minimum absolute atomic E-state index is 0.110. The summed E-state index contributed by atoms with van der Waals surface area (Å²) >= 11 is 7.83. The topological polar surface area (TPSA) is 130 Å². The fourth-order valence-corrected chi connectivity index (χ4v) is 10.9. The third-order valence-electron chi connectivity index (χ3n) is 12.3. The number of carbonyl (C=O) groups excluding carboxylic acids is 5. The van der Waals surface area contributed by atoms with Crippen molar-refractivity contribution in [2.75, 3.05) is 9.80 Å². The molecule has 2 aromatic heterocycles. The lowest BCUT2D eigenvalue weighted by molar-refractivity contribution is -0.131. The smallest absolute Gasteiger partial charge is 0.242 e. The van der Waals surface area contributed by atoms with Crippen LogP contribution in [-0.2, 0) is 26.2 Å². The van der Waals surface area contributed by atoms with Crippen molar-refractivity contribution in [2.45, 2.75) is 39.5 Å². The van der Waals surface area contributed by atoms with Crippen LogP contribution in [0.25, 0.3) is 20.7 Å². The van der Waals surface area contributed by atoms with Crippen molar-refractivity contribution in [3.8, 4) is 16.3 Å². The zero-order chi connectivity index (χ0) is 38.8. The zero-order valence-corrected chi connectivity index (χ0v) is 31.7. The predicted molar refractivity (Wildman–Crippen MR) is 205 cm³/mol. The number of thiophene rings is 1. The van der Waals surface area contributed by atoms with Crippen LogP contribution < -0.4 is 9.80 Å². The van der Waals surface area contributed by atoms with Crippen LogP contribution >= 0.6 is 22.9 Å². The Morgan fingerprint density at radius 2 is 1.71 bits per heavy atom. The van der Waals surface area contributed by atoms with Gasteiger partial charge in [-0.15, -0.1) is 11.3 Å². The van der Waals surface area contributed by atoms with E-state index in [2.05, 4.69) is 0 Å². The molecule has 5 aromatic rings. The number of rotatable bonds is 5. The first-order valence-electron chi connectivity index (χ1n) is 18.0. The van der Waals surface area contributed by atoms with Crippen molar-refractivity contribution in [1.29, 1.82) is 0 Å². The number of Topliss-reactive ketones (excluding diaryl/α,β-unsaturated/α-hetero) is 1. The molecule has 10 nitrogen and oxygen atoms in total. The van der Waals surface area contributed by atoms with E-state index in [1.807, 2.05) is 31.2 Å². The molecule has 55 heavy (non-hydrogen) atoms. The van der Waals surface area contributed by atoms with Crippen LogP contribution in [0.3, 0.4) is 0 Å². The van der Waals surface area contributed by atoms with Crippen LogP contribution in [0.2, 0.25) is 5.02 Å². The van der Waals surface area contributed by atoms with Gasteiger partial charge in [-0.1, -0.05) is 29.3 Å². The summed E-state index contributed by atoms with van der Waals surface area (Å²) in [6.07, 6.45) is 2.20. The van der Waals surface area contributed by atoms with Gasteiger partial charge < -0.3 is 5.11 Å². The summed E-state index contributed by atoms with van der Waals surface area (Å²) in [7, 11) is 1.67. The molecule has 9 rings (SSSR count). The molecule has 278 valence electrons. The Balaban J connectivity index is 1.14. The molecule has 2 aliphatic carbocycles. The SMILES string of the molecule is CC(=O)c1ccc(N2C(=O)[C@H]3[C@H](CC=C4[C@H]3C[C@H]3C(=O)N(c5cc(-c6sc7ccc(Cl)cc7c6C)nn5C)C(=O)[C@@]3(C)[C@H]4c3ccc(O)c(F)c3)C2=O)cc1. The molecular formula is C42H34ClFN4O6S. The number of aryl methyl sites for hydroxylation is 2. The van der Waals surface area contributed by atoms with E-state index in [4.69, 9.17) is 16.7 Å². The van der Waals surface area contributed by atoms with Crippen molar-refractivity contribution < 1.29 is 33.5 Å². The van der Waals surface area contributed by atoms with E-state index in [1.54, 1.807) is 50.4 Å². The van der Waals surface area contributed by atoms with E-state index in [0.29, 0.717) is 33.1 Å². The quantitative estimate of drug-likeness (QED) is 0.110. The first-order valence-corrected chi connectivity index (χ1v) is 19.2. The molecule has 4 heterocycles. The number of anilines is 2. The number of benzene rings is 3. The van der Waals surface area contributed by atoms with Gasteiger partial charge >= 0.3 is 0 Å². The number of fused-ring (bicyclic) bond motifs is 5. The molecule has 4 amide bonds. The molecule has 6 atom stereocenters. The number of aromatic nitrogens is 2. The number of phenolic OH excluding ortho intramolecular Hbond substituents is 1. The van der Waals surface area contributed by atoms with E-state index >= 15 is 9.18 Å². The molecule has 0 bridgehead atoms. The molecule has 3 fully saturated rings. The van der Waals surface area contributed by atoms with Crippen molar-refractivity contribution in [1.82, 2.24) is 9.78 Å². The highest BCUT2D eigenvalue weighted by Crippen LogP contribution is 2.64. The van der Waals surface area contributed by atoms with Crippen LogP contribution in [0.4, 0.5) is 15.9 Å². The van der Waals surface area contributed by atoms with Gasteiger partial charge in [-0.2, -0.15) is 5.10 Å². The van der Waals surface area contributed by atoms with Crippen LogP contribution in [0.5, 0.6) is 5.75 Å². The number of hydrogen-bond acceptors (Lipinski definition) is 8. The minimum Gasteiger partial charge on any atom is -0.505 e. The fourth-order valence-electron chi connectivity index (χ4n) is 9.63. The number of phenols is 1. The van der Waals surface area contributed by atoms with Crippen LogP contribution in [0, 0.1) is 41.8 Å². The Hall–Kier alpha value is -5.46. The summed E-state index contributed by atoms with van der Waals surface area (Å²) < 4.78 is 17.7. The highest BCUT2D eigenvalue weighted by atomic mass is 35.5. The minimum atomic E-state index is -1.42. The molecule has 0 unspecified atom stereocenters. The lowest BCUT2D eigenvalue weighted by Crippen LogP contribution is -2.49. The number of imide groups is 2. The highest BCUT2D eigenvalue weighted by Gasteiger charge is 2.68. The standard InChI is InChI=1S/C42H34ClFN4O6S/c1-19-27-16-23(43)8-14-33(27)55-37(19)31-18-34(46(4)45-31)48-39(52)29-17-28-25(36(42(29,3)41(48)54)22-7-13-32(50)30(44)15-22)11-12-26-35(28)40(53)47(38(26)51)24-9-5-21(6-10-24)20(2)49/h5-11,13-16,18,26,28-29,35-36,50H,12,17H2,1-4H3/t26-,28+,29-,35-,36-,42+/m0/s1. The van der Waals surface area contributed by atoms with E-state index in [9.17, 15) is 24.3 Å². The van der Waals surface area contributed by atoms with Gasteiger partial charge in [0.15, 0.2) is 17.3 Å². The highest BCUT2D eigenvalue weighted by molar-refractivity contribution is 7.22. The van der Waals surface area contributed by atoms with E-state index in [0.717, 1.165) is 25.4 Å². The molecule has 1 N–H and O–H groups in total. The monoisotopic (exact) mass is 776 g/mol. The third kappa shape index (κ3) is 4.96. The van der Waals surface area contributed by atoms with Gasteiger partial charge in [-0.3, -0.25) is 33.6 Å². The molecule has 13 heteroatoms. The molecular weight excluding hydrogens is 743 g/mol. The number of aromatic hydroxyl groups is 1. The Bertz CT molecular complexity index is 2600. The molecule has 4 aliphatic rings. The van der Waals surface area contributed by atoms with Crippen LogP contribution in [-0.4, -0.2) is 44.3 Å². The zero-order valence-electron chi connectivity index (χ0n) is 30.2. The molecule has 1 saturated carbocycles. The van der Waals surface area contributed by atoms with Crippen molar-refractivity contribution >= 4 is 73.9 Å². The lowest BCUT2D eigenvalue weighted by Gasteiger charge is -2.49. The van der Waals surface area contributed by atoms with Gasteiger partial charge in [-0.05, 0) is 111 Å². The number of hydrogen-bond donors (Lipinski definition) is 1. The second-order valence-electron chi connectivity index (χ2n) is 15.2. The molecule has 2 saturated heterocycles. The summed E-state index contributed by atoms with van der Waals surface area (Å²) in [6.45, 7) is 5.13. The lowest BCUT2D eigenvalue weighted by atomic mass is 9.51. The van der Waals surface area contributed by atoms with Gasteiger partial charge in [-0.25, -0.2) is 9.29 Å². The van der Waals surface area contributed by atoms with Gasteiger partial charge in [0.2, 0.25) is 23.6 Å². The van der Waals surface area contributed by atoms with E-state index in [-0.39, 0.29) is 30.3 Å². The Morgan fingerprint density at radius 3 is 2.42 bits per heavy atom. The number of halogens is 2. The summed E-state index contributed by atoms with van der Waals surface area (Å²) in [4.78, 5) is 73.3. The first kappa shape index (κ1) is 35.3. The maximum atomic E-state index is 15.2. The van der Waals surface area contributed by atoms with Crippen molar-refractivity contribution in [3.63, 3.8) is 0 Å². The van der Waals surface area contributed by atoms with E-state index in [1.165, 1.54) is 40.0 Å². The third-order valence-corrected chi connectivity index (χ3v) is 13.9. The number of amides is 4. The van der Waals surface area contributed by atoms with Gasteiger partial charge in [0.05, 0.1) is 33.7 Å². The molecule has 0 spiro atoms. The second-order valence-corrected chi connectivity index (χ2v) is 16.7. The number of nitrogens with zero attached hydrogens (tertiary/aromatic N) is 4. The van der Waals surface area contributed by atoms with Crippen molar-refractivity contribution in [2.24, 2.45) is 36.1 Å². The van der Waals surface area contributed by atoms with Gasteiger partial charge in [0, 0.05) is 34.3 Å². The Morgan fingerprint density at radius 1 is 0.964 bits per heavy atom. The molecule has 2 aliphatic heterocycles.